The fourth-order valence-electron chi connectivity index (χ4n) is 3.41. The molecule has 2 aliphatic rings. The van der Waals surface area contributed by atoms with Gasteiger partial charge in [-0.1, -0.05) is 36.4 Å². The Balaban J connectivity index is 1.69. The van der Waals surface area contributed by atoms with Crippen molar-refractivity contribution < 1.29 is 9.53 Å². The number of Topliss-reactive ketones (excluding diaryl/α,β-unsaturated/α-hetero) is 1. The number of likely N-dealkylation sites (tertiary alicyclic amines) is 1. The van der Waals surface area contributed by atoms with Crippen molar-refractivity contribution in [3.63, 3.8) is 0 Å². The lowest BCUT2D eigenvalue weighted by molar-refractivity contribution is -0.117. The molecule has 3 nitrogen and oxygen atoms in total. The van der Waals surface area contributed by atoms with E-state index in [0.29, 0.717) is 11.6 Å². The summed E-state index contributed by atoms with van der Waals surface area (Å²) in [4.78, 5) is 14.5. The summed E-state index contributed by atoms with van der Waals surface area (Å²) in [5.74, 6) is 0.225. The average molecular weight is 343 g/mol. The Kier molecular flexibility index (Phi) is 6.02. The van der Waals surface area contributed by atoms with Gasteiger partial charge in [-0.3, -0.25) is 4.79 Å². The summed E-state index contributed by atoms with van der Waals surface area (Å²) in [6.45, 7) is 1.94. The molecular weight excluding hydrogens is 318 g/mol. The lowest BCUT2D eigenvalue weighted by Crippen LogP contribution is -2.34. The number of rotatable bonds is 5. The number of ketones is 1. The van der Waals surface area contributed by atoms with Crippen LogP contribution < -0.4 is 0 Å². The van der Waals surface area contributed by atoms with E-state index in [9.17, 15) is 4.79 Å². The SMILES string of the molecule is O=C1CCCC=C1C(CCc1ccccc1)OC(=S)N1CCCC1. The van der Waals surface area contributed by atoms with Gasteiger partial charge in [-0.2, -0.15) is 0 Å². The van der Waals surface area contributed by atoms with Crippen LogP contribution in [0.15, 0.2) is 42.0 Å². The van der Waals surface area contributed by atoms with Gasteiger partial charge in [-0.15, -0.1) is 0 Å². The highest BCUT2D eigenvalue weighted by atomic mass is 32.1. The van der Waals surface area contributed by atoms with E-state index in [0.717, 1.165) is 44.3 Å². The molecule has 0 saturated carbocycles. The maximum Gasteiger partial charge on any atom is 0.259 e. The summed E-state index contributed by atoms with van der Waals surface area (Å²) in [5, 5.41) is 0.560. The van der Waals surface area contributed by atoms with Crippen LogP contribution in [0.4, 0.5) is 0 Å². The molecule has 0 N–H and O–H groups in total. The van der Waals surface area contributed by atoms with E-state index in [2.05, 4.69) is 23.1 Å². The number of hydrogen-bond acceptors (Lipinski definition) is 3. The smallest absolute Gasteiger partial charge is 0.259 e. The molecule has 0 aromatic heterocycles. The molecule has 0 radical (unpaired) electrons. The first kappa shape index (κ1) is 17.2. The van der Waals surface area contributed by atoms with Crippen molar-refractivity contribution in [2.45, 2.75) is 51.0 Å². The summed E-state index contributed by atoms with van der Waals surface area (Å²) in [5.41, 5.74) is 2.10. The second-order valence-corrected chi connectivity index (χ2v) is 6.91. The van der Waals surface area contributed by atoms with E-state index < -0.39 is 0 Å². The van der Waals surface area contributed by atoms with E-state index in [1.807, 2.05) is 18.2 Å². The summed E-state index contributed by atoms with van der Waals surface area (Å²) in [6.07, 6.45) is 8.40. The van der Waals surface area contributed by atoms with Crippen molar-refractivity contribution in [1.82, 2.24) is 4.90 Å². The molecule has 1 aliphatic heterocycles. The van der Waals surface area contributed by atoms with Crippen molar-refractivity contribution in [2.75, 3.05) is 13.1 Å². The zero-order valence-corrected chi connectivity index (χ0v) is 14.9. The zero-order chi connectivity index (χ0) is 16.8. The normalized spacial score (nSPS) is 19.1. The van der Waals surface area contributed by atoms with Gasteiger partial charge in [-0.05, 0) is 56.3 Å². The molecule has 1 aromatic carbocycles. The predicted octanol–water partition coefficient (Wildman–Crippen LogP) is 4.06. The molecular formula is C20H25NO2S. The molecule has 1 unspecified atom stereocenters. The number of ether oxygens (including phenoxy) is 1. The highest BCUT2D eigenvalue weighted by Gasteiger charge is 2.27. The van der Waals surface area contributed by atoms with E-state index in [-0.39, 0.29) is 11.9 Å². The Morgan fingerprint density at radius 1 is 1.17 bits per heavy atom. The fraction of sp³-hybridized carbons (Fsp3) is 0.500. The number of nitrogens with zero attached hydrogens (tertiary/aromatic N) is 1. The van der Waals surface area contributed by atoms with Gasteiger partial charge in [0.25, 0.3) is 5.17 Å². The Bertz CT molecular complexity index is 605. The maximum absolute atomic E-state index is 12.3. The molecule has 128 valence electrons. The minimum atomic E-state index is -0.217. The summed E-state index contributed by atoms with van der Waals surface area (Å²) >= 11 is 5.49. The van der Waals surface area contributed by atoms with Crippen molar-refractivity contribution in [1.29, 1.82) is 0 Å². The fourth-order valence-corrected chi connectivity index (χ4v) is 3.70. The average Bonchev–Trinajstić information content (AvgIpc) is 3.15. The van der Waals surface area contributed by atoms with Crippen molar-refractivity contribution in [3.05, 3.63) is 47.5 Å². The summed E-state index contributed by atoms with van der Waals surface area (Å²) < 4.78 is 6.13. The van der Waals surface area contributed by atoms with E-state index in [1.165, 1.54) is 18.4 Å². The Morgan fingerprint density at radius 2 is 1.92 bits per heavy atom. The number of allylic oxidation sites excluding steroid dienone is 1. The molecule has 1 aliphatic carbocycles. The Morgan fingerprint density at radius 3 is 2.62 bits per heavy atom. The molecule has 0 amide bonds. The van der Waals surface area contributed by atoms with Crippen LogP contribution in [0.5, 0.6) is 0 Å². The van der Waals surface area contributed by atoms with Gasteiger partial charge in [0.1, 0.15) is 6.10 Å². The minimum absolute atomic E-state index is 0.217. The molecule has 0 spiro atoms. The van der Waals surface area contributed by atoms with Crippen LogP contribution in [0.2, 0.25) is 0 Å². The second-order valence-electron chi connectivity index (χ2n) is 6.57. The van der Waals surface area contributed by atoms with Gasteiger partial charge in [0, 0.05) is 25.1 Å². The number of hydrogen-bond donors (Lipinski definition) is 0. The molecule has 1 atom stereocenters. The third-order valence-corrected chi connectivity index (χ3v) is 5.14. The van der Waals surface area contributed by atoms with Crippen LogP contribution in [0.1, 0.15) is 44.1 Å². The third kappa shape index (κ3) is 4.44. The largest absolute Gasteiger partial charge is 0.463 e. The molecule has 1 aromatic rings. The van der Waals surface area contributed by atoms with Crippen LogP contribution in [-0.4, -0.2) is 35.1 Å². The van der Waals surface area contributed by atoms with Crippen LogP contribution in [0.3, 0.4) is 0 Å². The van der Waals surface area contributed by atoms with Crippen LogP contribution in [0, 0.1) is 0 Å². The molecule has 1 fully saturated rings. The van der Waals surface area contributed by atoms with E-state index >= 15 is 0 Å². The Hall–Kier alpha value is -1.68. The topological polar surface area (TPSA) is 29.5 Å². The maximum atomic E-state index is 12.3. The first-order chi connectivity index (χ1) is 11.7. The lowest BCUT2D eigenvalue weighted by atomic mass is 9.91. The molecule has 1 heterocycles. The molecule has 24 heavy (non-hydrogen) atoms. The van der Waals surface area contributed by atoms with Crippen LogP contribution in [-0.2, 0) is 16.0 Å². The second kappa shape index (κ2) is 8.43. The van der Waals surface area contributed by atoms with Gasteiger partial charge >= 0.3 is 0 Å². The van der Waals surface area contributed by atoms with Gasteiger partial charge in [-0.25, -0.2) is 0 Å². The highest BCUT2D eigenvalue weighted by Crippen LogP contribution is 2.24. The first-order valence-corrected chi connectivity index (χ1v) is 9.37. The lowest BCUT2D eigenvalue weighted by Gasteiger charge is -2.27. The third-order valence-electron chi connectivity index (χ3n) is 4.79. The predicted molar refractivity (Wildman–Crippen MR) is 100.0 cm³/mol. The highest BCUT2D eigenvalue weighted by molar-refractivity contribution is 7.80. The molecule has 4 heteroatoms. The van der Waals surface area contributed by atoms with Crippen molar-refractivity contribution in [3.8, 4) is 0 Å². The number of benzene rings is 1. The van der Waals surface area contributed by atoms with E-state index in [4.69, 9.17) is 17.0 Å². The first-order valence-electron chi connectivity index (χ1n) is 8.97. The van der Waals surface area contributed by atoms with Crippen molar-refractivity contribution >= 4 is 23.2 Å². The van der Waals surface area contributed by atoms with Crippen molar-refractivity contribution in [2.24, 2.45) is 0 Å². The van der Waals surface area contributed by atoms with Gasteiger partial charge in [0.15, 0.2) is 5.78 Å². The Labute approximate surface area is 149 Å². The minimum Gasteiger partial charge on any atom is -0.463 e. The summed E-state index contributed by atoms with van der Waals surface area (Å²) in [6, 6.07) is 10.4. The number of aryl methyl sites for hydroxylation is 1. The van der Waals surface area contributed by atoms with Crippen LogP contribution in [0.25, 0.3) is 0 Å². The quantitative estimate of drug-likeness (QED) is 0.754. The summed E-state index contributed by atoms with van der Waals surface area (Å²) in [7, 11) is 0. The number of thiocarbonyl (C=S) groups is 1. The standard InChI is InChI=1S/C20H25NO2S/c22-18-11-5-4-10-17(18)19(13-12-16-8-2-1-3-9-16)23-20(24)21-14-6-7-15-21/h1-3,8-10,19H,4-7,11-15H2. The molecule has 0 bridgehead atoms. The number of carbonyl (C=O) groups excluding carboxylic acids is 1. The van der Waals surface area contributed by atoms with E-state index in [1.54, 1.807) is 0 Å². The van der Waals surface area contributed by atoms with Crippen LogP contribution >= 0.6 is 12.2 Å². The van der Waals surface area contributed by atoms with Gasteiger partial charge in [0.05, 0.1) is 0 Å². The number of carbonyl (C=O) groups is 1. The molecule has 1 saturated heterocycles. The molecule has 3 rings (SSSR count). The zero-order valence-electron chi connectivity index (χ0n) is 14.1. The van der Waals surface area contributed by atoms with Gasteiger partial charge < -0.3 is 9.64 Å². The monoisotopic (exact) mass is 343 g/mol. The van der Waals surface area contributed by atoms with Gasteiger partial charge in [0.2, 0.25) is 0 Å².